The van der Waals surface area contributed by atoms with Crippen LogP contribution in [0.1, 0.15) is 43.5 Å². The van der Waals surface area contributed by atoms with Crippen molar-refractivity contribution in [1.29, 1.82) is 0 Å². The maximum Gasteiger partial charge on any atom is 0.152 e. The molecule has 4 rings (SSSR count). The lowest BCUT2D eigenvalue weighted by Crippen LogP contribution is -2.48. The molecule has 0 bridgehead atoms. The predicted octanol–water partition coefficient (Wildman–Crippen LogP) is 4.15. The minimum atomic E-state index is -1.33. The van der Waals surface area contributed by atoms with E-state index in [1.54, 1.807) is 13.8 Å². The lowest BCUT2D eigenvalue weighted by atomic mass is 9.65. The van der Waals surface area contributed by atoms with Crippen LogP contribution in [-0.2, 0) is 16.9 Å². The summed E-state index contributed by atoms with van der Waals surface area (Å²) in [6, 6.07) is 18.4. The van der Waals surface area contributed by atoms with Gasteiger partial charge < -0.3 is 14.6 Å². The number of para-hydroxylation sites is 1. The molecule has 0 spiro atoms. The number of likely N-dealkylation sites (N-methyl/N-ethyl adjacent to an activating group) is 1. The molecule has 0 aliphatic carbocycles. The van der Waals surface area contributed by atoms with Crippen LogP contribution in [0.5, 0.6) is 0 Å². The molecule has 1 aliphatic heterocycles. The fourth-order valence-electron chi connectivity index (χ4n) is 5.15. The summed E-state index contributed by atoms with van der Waals surface area (Å²) >= 11 is 0. The summed E-state index contributed by atoms with van der Waals surface area (Å²) in [5, 5.41) is 13.1. The number of rotatable bonds is 5. The molecular weight excluding hydrogens is 360 g/mol. The van der Waals surface area contributed by atoms with Crippen molar-refractivity contribution in [2.75, 3.05) is 20.6 Å². The number of aliphatic hydroxyl groups is 1. The van der Waals surface area contributed by atoms with E-state index in [1.165, 1.54) is 5.56 Å². The van der Waals surface area contributed by atoms with Crippen molar-refractivity contribution in [3.05, 3.63) is 71.4 Å². The Morgan fingerprint density at radius 2 is 1.69 bits per heavy atom. The third-order valence-corrected chi connectivity index (χ3v) is 6.96. The summed E-state index contributed by atoms with van der Waals surface area (Å²) < 4.78 is 2.03. The molecule has 3 atom stereocenters. The van der Waals surface area contributed by atoms with Gasteiger partial charge in [-0.05, 0) is 58.5 Å². The number of ketones is 1. The first kappa shape index (κ1) is 19.9. The number of benzene rings is 2. The summed E-state index contributed by atoms with van der Waals surface area (Å²) in [4.78, 5) is 15.2. The van der Waals surface area contributed by atoms with E-state index in [0.717, 1.165) is 35.1 Å². The Kier molecular flexibility index (Phi) is 4.67. The number of hydrogen-bond donors (Lipinski definition) is 1. The number of aromatic nitrogens is 1. The highest BCUT2D eigenvalue weighted by Gasteiger charge is 2.62. The van der Waals surface area contributed by atoms with Crippen LogP contribution < -0.4 is 0 Å². The van der Waals surface area contributed by atoms with Crippen LogP contribution >= 0.6 is 0 Å². The van der Waals surface area contributed by atoms with Gasteiger partial charge in [-0.15, -0.1) is 0 Å². The van der Waals surface area contributed by atoms with Gasteiger partial charge in [0.15, 0.2) is 5.72 Å². The molecular formula is C25H30N2O2. The molecule has 1 N–H and O–H groups in total. The highest BCUT2D eigenvalue weighted by molar-refractivity contribution is 5.91. The molecule has 1 aromatic heterocycles. The zero-order valence-corrected chi connectivity index (χ0v) is 17.9. The van der Waals surface area contributed by atoms with Gasteiger partial charge in [0.25, 0.3) is 0 Å². The van der Waals surface area contributed by atoms with E-state index in [1.807, 2.05) is 41.8 Å². The minimum absolute atomic E-state index is 0.00249. The molecule has 0 saturated carbocycles. The van der Waals surface area contributed by atoms with E-state index < -0.39 is 11.1 Å². The van der Waals surface area contributed by atoms with Crippen molar-refractivity contribution >= 4 is 16.7 Å². The van der Waals surface area contributed by atoms with Crippen LogP contribution in [0.25, 0.3) is 10.9 Å². The quantitative estimate of drug-likeness (QED) is 0.712. The third kappa shape index (κ3) is 2.70. The summed E-state index contributed by atoms with van der Waals surface area (Å²) in [5.74, 6) is -0.205. The highest BCUT2D eigenvalue weighted by Crippen LogP contribution is 2.59. The Bertz CT molecular complexity index is 1070. The van der Waals surface area contributed by atoms with Crippen LogP contribution in [0.15, 0.2) is 54.6 Å². The summed E-state index contributed by atoms with van der Waals surface area (Å²) in [6.07, 6.45) is 0.864. The Hall–Kier alpha value is -2.43. The standard InChI is InChI=1S/C25H30N2O2/c1-17(28)24(2)22(18-11-7-6-8-12-18)23-20(15-16-26(4)5)19-13-9-10-14-21(19)27(23)25(24,3)29/h6-14,22,29H,15-16H2,1-5H3/t22-,24+,25+/m0/s1. The zero-order chi connectivity index (χ0) is 21.0. The second-order valence-electron chi connectivity index (χ2n) is 8.89. The lowest BCUT2D eigenvalue weighted by molar-refractivity contribution is -0.153. The predicted molar refractivity (Wildman–Crippen MR) is 117 cm³/mol. The first-order valence-corrected chi connectivity index (χ1v) is 10.3. The van der Waals surface area contributed by atoms with Crippen molar-refractivity contribution < 1.29 is 9.90 Å². The zero-order valence-electron chi connectivity index (χ0n) is 17.9. The van der Waals surface area contributed by atoms with E-state index in [-0.39, 0.29) is 11.7 Å². The number of carbonyl (C=O) groups excluding carboxylic acids is 1. The number of hydrogen-bond acceptors (Lipinski definition) is 3. The first-order chi connectivity index (χ1) is 13.7. The van der Waals surface area contributed by atoms with Gasteiger partial charge in [0, 0.05) is 23.5 Å². The molecule has 4 heteroatoms. The molecule has 0 radical (unpaired) electrons. The molecule has 2 heterocycles. The third-order valence-electron chi connectivity index (χ3n) is 6.96. The Balaban J connectivity index is 2.09. The van der Waals surface area contributed by atoms with Crippen molar-refractivity contribution in [3.8, 4) is 0 Å². The molecule has 0 fully saturated rings. The normalized spacial score (nSPS) is 26.2. The van der Waals surface area contributed by atoms with E-state index in [2.05, 4.69) is 43.3 Å². The van der Waals surface area contributed by atoms with Crippen molar-refractivity contribution in [2.45, 2.75) is 38.8 Å². The van der Waals surface area contributed by atoms with Gasteiger partial charge >= 0.3 is 0 Å². The molecule has 0 amide bonds. The van der Waals surface area contributed by atoms with Gasteiger partial charge in [0.05, 0.1) is 10.9 Å². The summed E-state index contributed by atoms with van der Waals surface area (Å²) in [5.41, 5.74) is 2.08. The fourth-order valence-corrected chi connectivity index (χ4v) is 5.15. The Morgan fingerprint density at radius 3 is 2.31 bits per heavy atom. The monoisotopic (exact) mass is 390 g/mol. The van der Waals surface area contributed by atoms with Crippen molar-refractivity contribution in [1.82, 2.24) is 9.47 Å². The number of nitrogens with zero attached hydrogens (tertiary/aromatic N) is 2. The van der Waals surface area contributed by atoms with E-state index in [9.17, 15) is 9.90 Å². The largest absolute Gasteiger partial charge is 0.370 e. The van der Waals surface area contributed by atoms with Gasteiger partial charge in [-0.1, -0.05) is 48.5 Å². The minimum Gasteiger partial charge on any atom is -0.370 e. The van der Waals surface area contributed by atoms with E-state index in [0.29, 0.717) is 0 Å². The molecule has 29 heavy (non-hydrogen) atoms. The average Bonchev–Trinajstić information content (AvgIpc) is 3.10. The second-order valence-corrected chi connectivity index (χ2v) is 8.89. The van der Waals surface area contributed by atoms with Crippen LogP contribution in [0, 0.1) is 5.41 Å². The van der Waals surface area contributed by atoms with Crippen LogP contribution in [0.4, 0.5) is 0 Å². The maximum absolute atomic E-state index is 13.1. The molecule has 1 aliphatic rings. The Morgan fingerprint density at radius 1 is 1.07 bits per heavy atom. The first-order valence-electron chi connectivity index (χ1n) is 10.3. The molecule has 0 saturated heterocycles. The molecule has 152 valence electrons. The summed E-state index contributed by atoms with van der Waals surface area (Å²) in [7, 11) is 4.14. The van der Waals surface area contributed by atoms with Gasteiger partial charge in [-0.3, -0.25) is 4.79 Å². The molecule has 4 nitrogen and oxygen atoms in total. The van der Waals surface area contributed by atoms with Gasteiger partial charge in [-0.25, -0.2) is 0 Å². The molecule has 3 aromatic rings. The fraction of sp³-hybridized carbons (Fsp3) is 0.400. The number of carbonyl (C=O) groups is 1. The van der Waals surface area contributed by atoms with Crippen LogP contribution in [-0.4, -0.2) is 41.0 Å². The highest BCUT2D eigenvalue weighted by atomic mass is 16.3. The smallest absolute Gasteiger partial charge is 0.152 e. The van der Waals surface area contributed by atoms with E-state index >= 15 is 0 Å². The average molecular weight is 391 g/mol. The SMILES string of the molecule is CC(=O)[C@]1(C)[C@@H](c2ccccc2)c2c(CCN(C)C)c3ccccc3n2[C@]1(C)O. The summed E-state index contributed by atoms with van der Waals surface area (Å²) in [6.45, 7) is 6.23. The number of Topliss-reactive ketones (excluding diaryl/α,β-unsaturated/α-hetero) is 1. The second kappa shape index (κ2) is 6.82. The van der Waals surface area contributed by atoms with E-state index in [4.69, 9.17) is 0 Å². The van der Waals surface area contributed by atoms with Crippen LogP contribution in [0.3, 0.4) is 0 Å². The topological polar surface area (TPSA) is 45.5 Å². The van der Waals surface area contributed by atoms with Crippen molar-refractivity contribution in [2.24, 2.45) is 5.41 Å². The van der Waals surface area contributed by atoms with Crippen molar-refractivity contribution in [3.63, 3.8) is 0 Å². The van der Waals surface area contributed by atoms with Gasteiger partial charge in [0.2, 0.25) is 0 Å². The number of fused-ring (bicyclic) bond motifs is 3. The van der Waals surface area contributed by atoms with Crippen LogP contribution in [0.2, 0.25) is 0 Å². The molecule has 0 unspecified atom stereocenters. The molecule has 2 aromatic carbocycles. The Labute approximate surface area is 172 Å². The maximum atomic E-state index is 13.1. The van der Waals surface area contributed by atoms with Gasteiger partial charge in [0.1, 0.15) is 5.78 Å². The van der Waals surface area contributed by atoms with Gasteiger partial charge in [-0.2, -0.15) is 0 Å². The lowest BCUT2D eigenvalue weighted by Gasteiger charge is -2.39.